The average molecular weight is 855 g/mol. The molecule has 5 saturated heterocycles. The molecular weight excluding hydrogens is 784 g/mol. The third-order valence-electron chi connectivity index (χ3n) is 17.3. The van der Waals surface area contributed by atoms with Crippen LogP contribution in [0.15, 0.2) is 11.6 Å². The molecule has 8 N–H and O–H groups in total. The lowest BCUT2D eigenvalue weighted by Gasteiger charge is -2.58. The zero-order valence-electron chi connectivity index (χ0n) is 35.6. The lowest BCUT2D eigenvalue weighted by atomic mass is 9.47. The molecule has 3 saturated carbocycles. The molecule has 0 aromatic rings. The van der Waals surface area contributed by atoms with Gasteiger partial charge in [0, 0.05) is 12.3 Å². The molecule has 1 spiro atoms. The Kier molecular flexibility index (Phi) is 12.2. The number of aliphatic hydroxyl groups is 8. The monoisotopic (exact) mass is 854 g/mol. The quantitative estimate of drug-likeness (QED) is 0.158. The molecule has 0 aromatic carbocycles. The van der Waals surface area contributed by atoms with Crippen LogP contribution in [0.4, 0.5) is 0 Å². The van der Waals surface area contributed by atoms with Crippen molar-refractivity contribution in [2.45, 2.75) is 196 Å². The van der Waals surface area contributed by atoms with Crippen molar-refractivity contribution in [3.8, 4) is 0 Å². The molecule has 9 aliphatic rings. The summed E-state index contributed by atoms with van der Waals surface area (Å²) in [7, 11) is 0. The molecule has 5 heterocycles. The summed E-state index contributed by atoms with van der Waals surface area (Å²) in [6.45, 7) is 10.7. The fourth-order valence-corrected chi connectivity index (χ4v) is 13.8. The van der Waals surface area contributed by atoms with Crippen molar-refractivity contribution in [3.63, 3.8) is 0 Å². The molecular formula is C44H70O16. The third-order valence-corrected chi connectivity index (χ3v) is 17.3. The first-order chi connectivity index (χ1) is 28.5. The molecule has 0 unspecified atom stereocenters. The minimum Gasteiger partial charge on any atom is -0.394 e. The molecule has 25 atom stereocenters. The lowest BCUT2D eigenvalue weighted by Crippen LogP contribution is -2.65. The molecule has 0 amide bonds. The van der Waals surface area contributed by atoms with Crippen molar-refractivity contribution >= 4 is 0 Å². The number of aliphatic hydroxyl groups excluding tert-OH is 8. The molecule has 342 valence electrons. The van der Waals surface area contributed by atoms with Crippen molar-refractivity contribution in [3.05, 3.63) is 11.6 Å². The second-order valence-electron chi connectivity index (χ2n) is 20.6. The summed E-state index contributed by atoms with van der Waals surface area (Å²) in [5, 5.41) is 84.8. The summed E-state index contributed by atoms with van der Waals surface area (Å²) in [5.74, 6) is 2.65. The topological polar surface area (TPSA) is 236 Å². The first-order valence-electron chi connectivity index (χ1n) is 22.8. The number of allylic oxidation sites excluding steroid dienone is 1. The van der Waals surface area contributed by atoms with Gasteiger partial charge in [-0.3, -0.25) is 0 Å². The predicted molar refractivity (Wildman–Crippen MR) is 208 cm³/mol. The number of ether oxygens (including phenoxy) is 8. The number of fused-ring (bicyclic) bond motifs is 7. The minimum atomic E-state index is -1.70. The number of rotatable bonds is 8. The van der Waals surface area contributed by atoms with Gasteiger partial charge < -0.3 is 78.7 Å². The second-order valence-corrected chi connectivity index (χ2v) is 20.6. The van der Waals surface area contributed by atoms with E-state index in [4.69, 9.17) is 37.9 Å². The molecule has 4 aliphatic carbocycles. The maximum absolute atomic E-state index is 11.9. The molecule has 0 aromatic heterocycles. The van der Waals surface area contributed by atoms with Crippen LogP contribution in [-0.2, 0) is 37.9 Å². The molecule has 8 fully saturated rings. The van der Waals surface area contributed by atoms with Crippen LogP contribution in [0.1, 0.15) is 92.4 Å². The van der Waals surface area contributed by atoms with Gasteiger partial charge in [-0.05, 0) is 98.7 Å². The standard InChI is InChI=1S/C44H70O16/c1-19-8-13-44(53-18-19)20(2)30-27(60-44)15-26-24-7-6-22-14-23(9-11-42(22,4)25(24)10-12-43(26,30)5)55-41-38(59-39-35(51)33(49)31(47)21(3)54-39)36(52)37(29(17-46)57-41)58-40-34(50)32(48)28(16-45)56-40/h6,19-21,23-41,45-52H,7-18H2,1-5H3/t19-,20+,21+,23+,24-,25+,26+,27+,28-,29-,30+,31+,32-,33-,34+,35-,36+,37-,38-,39+,40+,41-,42+,43+,44-/m1/s1. The van der Waals surface area contributed by atoms with E-state index >= 15 is 0 Å². The molecule has 0 bridgehead atoms. The highest BCUT2D eigenvalue weighted by atomic mass is 16.8. The summed E-state index contributed by atoms with van der Waals surface area (Å²) in [4.78, 5) is 0. The van der Waals surface area contributed by atoms with E-state index in [1.807, 2.05) is 0 Å². The van der Waals surface area contributed by atoms with E-state index in [9.17, 15) is 40.9 Å². The van der Waals surface area contributed by atoms with E-state index < -0.39 is 105 Å². The van der Waals surface area contributed by atoms with Gasteiger partial charge in [0.25, 0.3) is 0 Å². The summed E-state index contributed by atoms with van der Waals surface area (Å²) < 4.78 is 49.9. The Balaban J connectivity index is 0.913. The van der Waals surface area contributed by atoms with Gasteiger partial charge in [-0.25, -0.2) is 0 Å². The molecule has 16 nitrogen and oxygen atoms in total. The average Bonchev–Trinajstić information content (AvgIpc) is 3.79. The largest absolute Gasteiger partial charge is 0.394 e. The van der Waals surface area contributed by atoms with Gasteiger partial charge in [0.15, 0.2) is 24.7 Å². The van der Waals surface area contributed by atoms with E-state index in [0.717, 1.165) is 45.1 Å². The zero-order chi connectivity index (χ0) is 42.6. The van der Waals surface area contributed by atoms with Gasteiger partial charge in [0.2, 0.25) is 0 Å². The summed E-state index contributed by atoms with van der Waals surface area (Å²) >= 11 is 0. The molecule has 60 heavy (non-hydrogen) atoms. The van der Waals surface area contributed by atoms with Crippen molar-refractivity contribution in [2.75, 3.05) is 19.8 Å². The minimum absolute atomic E-state index is 0.0141. The predicted octanol–water partition coefficient (Wildman–Crippen LogP) is 0.853. The number of hydrogen-bond acceptors (Lipinski definition) is 16. The Morgan fingerprint density at radius 2 is 1.40 bits per heavy atom. The van der Waals surface area contributed by atoms with E-state index in [0.29, 0.717) is 48.3 Å². The number of hydrogen-bond donors (Lipinski definition) is 8. The van der Waals surface area contributed by atoms with Crippen LogP contribution < -0.4 is 0 Å². The van der Waals surface area contributed by atoms with Crippen molar-refractivity contribution < 1.29 is 78.7 Å². The lowest BCUT2D eigenvalue weighted by molar-refractivity contribution is -0.380. The fourth-order valence-electron chi connectivity index (χ4n) is 13.8. The first-order valence-corrected chi connectivity index (χ1v) is 22.8. The maximum atomic E-state index is 11.9. The van der Waals surface area contributed by atoms with E-state index in [-0.39, 0.29) is 23.0 Å². The van der Waals surface area contributed by atoms with Crippen molar-refractivity contribution in [1.29, 1.82) is 0 Å². The van der Waals surface area contributed by atoms with E-state index in [1.165, 1.54) is 18.9 Å². The summed E-state index contributed by atoms with van der Waals surface area (Å²) in [6.07, 6.45) is -8.79. The first kappa shape index (κ1) is 44.3. The molecule has 16 heteroatoms. The Morgan fingerprint density at radius 3 is 2.10 bits per heavy atom. The van der Waals surface area contributed by atoms with Crippen molar-refractivity contribution in [1.82, 2.24) is 0 Å². The highest BCUT2D eigenvalue weighted by Gasteiger charge is 2.69. The third kappa shape index (κ3) is 7.10. The molecule has 9 rings (SSSR count). The highest BCUT2D eigenvalue weighted by Crippen LogP contribution is 2.70. The van der Waals surface area contributed by atoms with Crippen molar-refractivity contribution in [2.24, 2.45) is 46.3 Å². The second kappa shape index (κ2) is 16.5. The van der Waals surface area contributed by atoms with Crippen LogP contribution in [0, 0.1) is 46.3 Å². The van der Waals surface area contributed by atoms with Crippen LogP contribution in [0.3, 0.4) is 0 Å². The Bertz CT molecular complexity index is 1560. The van der Waals surface area contributed by atoms with Gasteiger partial charge in [-0.15, -0.1) is 0 Å². The van der Waals surface area contributed by atoms with Crippen LogP contribution in [0.5, 0.6) is 0 Å². The zero-order valence-corrected chi connectivity index (χ0v) is 35.6. The summed E-state index contributed by atoms with van der Waals surface area (Å²) in [6, 6.07) is 0. The maximum Gasteiger partial charge on any atom is 0.187 e. The fraction of sp³-hybridized carbons (Fsp3) is 0.955. The van der Waals surface area contributed by atoms with E-state index in [1.54, 1.807) is 0 Å². The molecule has 5 aliphatic heterocycles. The van der Waals surface area contributed by atoms with Crippen LogP contribution in [-0.4, -0.2) is 165 Å². The highest BCUT2D eigenvalue weighted by molar-refractivity contribution is 5.26. The van der Waals surface area contributed by atoms with Gasteiger partial charge >= 0.3 is 0 Å². The van der Waals surface area contributed by atoms with Gasteiger partial charge in [-0.2, -0.15) is 0 Å². The van der Waals surface area contributed by atoms with Gasteiger partial charge in [0.1, 0.15) is 61.0 Å². The normalized spacial score (nSPS) is 57.7. The van der Waals surface area contributed by atoms with Crippen LogP contribution >= 0.6 is 0 Å². The Hall–Kier alpha value is -0.900. The smallest absolute Gasteiger partial charge is 0.187 e. The van der Waals surface area contributed by atoms with Gasteiger partial charge in [-0.1, -0.05) is 39.3 Å². The van der Waals surface area contributed by atoms with Crippen LogP contribution in [0.2, 0.25) is 0 Å². The van der Waals surface area contributed by atoms with Gasteiger partial charge in [0.05, 0.1) is 38.1 Å². The summed E-state index contributed by atoms with van der Waals surface area (Å²) in [5.41, 5.74) is 1.54. The molecule has 0 radical (unpaired) electrons. The van der Waals surface area contributed by atoms with E-state index in [2.05, 4.69) is 33.8 Å². The Morgan fingerprint density at radius 1 is 0.700 bits per heavy atom. The SMILES string of the molecule is C[C@@H]1CC[C@@]2(OC1)O[C@H]1C[C@H]3[C@@H]4CC=C5C[C@@H](O[C@@H]6O[C@H](CO)[C@@H](O[C@@H]7O[C@H](CO)[C@@H](O)[C@@H]7O)[C@H](O)[C@H]6O[C@@H]6O[C@@H](C)[C@H](O)[C@@H](O)[C@H]6O)CC[C@]5(C)[C@H]4CC[C@]3(C)[C@H]1[C@@H]2C. The Labute approximate surface area is 352 Å². The van der Waals surface area contributed by atoms with Crippen LogP contribution in [0.25, 0.3) is 0 Å².